The van der Waals surface area contributed by atoms with Crippen molar-refractivity contribution in [1.82, 2.24) is 9.62 Å². The van der Waals surface area contributed by atoms with Crippen LogP contribution in [-0.2, 0) is 14.8 Å². The monoisotopic (exact) mass is 470 g/mol. The summed E-state index contributed by atoms with van der Waals surface area (Å²) in [5, 5.41) is 3.50. The number of carbonyl (C=O) groups is 1. The molecule has 2 aromatic carbocycles. The van der Waals surface area contributed by atoms with Crippen LogP contribution in [0.4, 0.5) is 0 Å². The van der Waals surface area contributed by atoms with Crippen molar-refractivity contribution < 1.29 is 17.9 Å². The highest BCUT2D eigenvalue weighted by Crippen LogP contribution is 2.28. The fraction of sp³-hybridized carbons (Fsp3) is 0.381. The second-order valence-electron chi connectivity index (χ2n) is 7.47. The number of nitrogens with one attached hydrogen (secondary N) is 1. The van der Waals surface area contributed by atoms with Gasteiger partial charge in [-0.15, -0.1) is 0 Å². The number of hydrogen-bond donors (Lipinski definition) is 1. The molecule has 0 bridgehead atoms. The van der Waals surface area contributed by atoms with Gasteiger partial charge in [-0.1, -0.05) is 35.3 Å². The van der Waals surface area contributed by atoms with E-state index in [1.807, 2.05) is 26.8 Å². The molecule has 1 amide bonds. The molecule has 162 valence electrons. The summed E-state index contributed by atoms with van der Waals surface area (Å²) in [5.41, 5.74) is 1.05. The largest absolute Gasteiger partial charge is 0.373 e. The maximum atomic E-state index is 13.2. The predicted octanol–water partition coefficient (Wildman–Crippen LogP) is 4.28. The summed E-state index contributed by atoms with van der Waals surface area (Å²) >= 11 is 12.2. The minimum Gasteiger partial charge on any atom is -0.373 e. The third-order valence-electron chi connectivity index (χ3n) is 4.89. The molecule has 6 nitrogen and oxygen atoms in total. The van der Waals surface area contributed by atoms with Gasteiger partial charge in [0.05, 0.1) is 23.3 Å². The lowest BCUT2D eigenvalue weighted by molar-refractivity contribution is -0.0440. The summed E-state index contributed by atoms with van der Waals surface area (Å²) in [6.07, 6.45) is -0.459. The van der Waals surface area contributed by atoms with Gasteiger partial charge in [-0.05, 0) is 56.7 Å². The van der Waals surface area contributed by atoms with Gasteiger partial charge in [0.15, 0.2) is 0 Å². The molecule has 0 aliphatic carbocycles. The van der Waals surface area contributed by atoms with Gasteiger partial charge in [0.1, 0.15) is 4.90 Å². The maximum Gasteiger partial charge on any atom is 0.251 e. The molecule has 0 unspecified atom stereocenters. The molecule has 0 radical (unpaired) electrons. The molecule has 1 N–H and O–H groups in total. The number of ether oxygens (including phenoxy) is 1. The maximum absolute atomic E-state index is 13.2. The molecule has 0 spiro atoms. The van der Waals surface area contributed by atoms with Gasteiger partial charge in [-0.25, -0.2) is 8.42 Å². The molecule has 3 atom stereocenters. The first-order valence-electron chi connectivity index (χ1n) is 9.59. The van der Waals surface area contributed by atoms with E-state index >= 15 is 0 Å². The van der Waals surface area contributed by atoms with E-state index in [-0.39, 0.29) is 46.8 Å². The average Bonchev–Trinajstić information content (AvgIpc) is 2.67. The number of morpholine rings is 1. The SMILES string of the molecule is C[C@@H]1CN(S(=O)(=O)c2cc(C(=O)N[C@H](C)c3cccc(Cl)c3)ccc2Cl)C[C@H](C)O1. The lowest BCUT2D eigenvalue weighted by Gasteiger charge is -2.34. The Morgan fingerprint density at radius 1 is 1.13 bits per heavy atom. The first-order chi connectivity index (χ1) is 14.1. The number of benzene rings is 2. The van der Waals surface area contributed by atoms with E-state index in [1.165, 1.54) is 22.5 Å². The molecular weight excluding hydrogens is 447 g/mol. The molecule has 3 rings (SSSR count). The molecule has 0 aromatic heterocycles. The summed E-state index contributed by atoms with van der Waals surface area (Å²) < 4.78 is 33.4. The van der Waals surface area contributed by atoms with Crippen LogP contribution in [0.15, 0.2) is 47.4 Å². The van der Waals surface area contributed by atoms with Crippen LogP contribution in [0.1, 0.15) is 42.7 Å². The molecule has 1 saturated heterocycles. The summed E-state index contributed by atoms with van der Waals surface area (Å²) in [6, 6.07) is 11.1. The van der Waals surface area contributed by atoms with Gasteiger partial charge in [-0.2, -0.15) is 4.31 Å². The number of halogens is 2. The van der Waals surface area contributed by atoms with Crippen molar-refractivity contribution in [3.8, 4) is 0 Å². The third-order valence-corrected chi connectivity index (χ3v) is 7.44. The molecular formula is C21H24Cl2N2O4S. The minimum absolute atomic E-state index is 0.0706. The van der Waals surface area contributed by atoms with Gasteiger partial charge in [0.2, 0.25) is 10.0 Å². The number of amides is 1. The number of sulfonamides is 1. The zero-order valence-electron chi connectivity index (χ0n) is 16.9. The fourth-order valence-corrected chi connectivity index (χ4v) is 5.74. The highest BCUT2D eigenvalue weighted by atomic mass is 35.5. The Labute approximate surface area is 187 Å². The zero-order valence-corrected chi connectivity index (χ0v) is 19.3. The van der Waals surface area contributed by atoms with Crippen LogP contribution in [0.25, 0.3) is 0 Å². The molecule has 2 aromatic rings. The number of hydrogen-bond acceptors (Lipinski definition) is 4. The van der Waals surface area contributed by atoms with Crippen LogP contribution in [0.3, 0.4) is 0 Å². The van der Waals surface area contributed by atoms with Crippen molar-refractivity contribution in [2.75, 3.05) is 13.1 Å². The van der Waals surface area contributed by atoms with Crippen LogP contribution in [0.5, 0.6) is 0 Å². The lowest BCUT2D eigenvalue weighted by Crippen LogP contribution is -2.48. The van der Waals surface area contributed by atoms with E-state index < -0.39 is 15.9 Å². The minimum atomic E-state index is -3.88. The topological polar surface area (TPSA) is 75.7 Å². The fourth-order valence-electron chi connectivity index (χ4n) is 3.45. The summed E-state index contributed by atoms with van der Waals surface area (Å²) in [6.45, 7) is 5.92. The Bertz CT molecular complexity index is 1040. The smallest absolute Gasteiger partial charge is 0.251 e. The number of nitrogens with zero attached hydrogens (tertiary/aromatic N) is 1. The van der Waals surface area contributed by atoms with E-state index in [1.54, 1.807) is 18.2 Å². The van der Waals surface area contributed by atoms with E-state index in [0.29, 0.717) is 5.02 Å². The van der Waals surface area contributed by atoms with Crippen molar-refractivity contribution in [3.63, 3.8) is 0 Å². The third kappa shape index (κ3) is 5.15. The van der Waals surface area contributed by atoms with E-state index in [4.69, 9.17) is 27.9 Å². The molecule has 9 heteroatoms. The second kappa shape index (κ2) is 9.24. The standard InChI is InChI=1S/C21H24Cl2N2O4S/c1-13-11-25(12-14(2)29-13)30(27,28)20-10-17(7-8-19(20)23)21(26)24-15(3)16-5-4-6-18(22)9-16/h4-10,13-15H,11-12H2,1-3H3,(H,24,26)/t13-,14+,15-/m1/s1. The first-order valence-corrected chi connectivity index (χ1v) is 11.8. The Hall–Kier alpha value is -1.64. The molecule has 0 saturated carbocycles. The molecule has 1 heterocycles. The predicted molar refractivity (Wildman–Crippen MR) is 118 cm³/mol. The Morgan fingerprint density at radius 3 is 2.43 bits per heavy atom. The quantitative estimate of drug-likeness (QED) is 0.707. The summed E-state index contributed by atoms with van der Waals surface area (Å²) in [4.78, 5) is 12.7. The van der Waals surface area contributed by atoms with Gasteiger partial charge < -0.3 is 10.1 Å². The van der Waals surface area contributed by atoms with Crippen molar-refractivity contribution >= 4 is 39.1 Å². The van der Waals surface area contributed by atoms with Gasteiger partial charge in [0.25, 0.3) is 5.91 Å². The van der Waals surface area contributed by atoms with E-state index in [9.17, 15) is 13.2 Å². The summed E-state index contributed by atoms with van der Waals surface area (Å²) in [7, 11) is -3.88. The highest BCUT2D eigenvalue weighted by Gasteiger charge is 2.34. The van der Waals surface area contributed by atoms with Crippen molar-refractivity contribution in [2.24, 2.45) is 0 Å². The second-order valence-corrected chi connectivity index (χ2v) is 10.2. The summed E-state index contributed by atoms with van der Waals surface area (Å²) in [5.74, 6) is -0.403. The van der Waals surface area contributed by atoms with Gasteiger partial charge in [-0.3, -0.25) is 4.79 Å². The van der Waals surface area contributed by atoms with Crippen LogP contribution < -0.4 is 5.32 Å². The number of carbonyl (C=O) groups excluding carboxylic acids is 1. The van der Waals surface area contributed by atoms with Crippen molar-refractivity contribution in [3.05, 3.63) is 63.6 Å². The van der Waals surface area contributed by atoms with Gasteiger partial charge >= 0.3 is 0 Å². The average molecular weight is 471 g/mol. The molecule has 30 heavy (non-hydrogen) atoms. The van der Waals surface area contributed by atoms with Crippen LogP contribution >= 0.6 is 23.2 Å². The number of rotatable bonds is 5. The van der Waals surface area contributed by atoms with Crippen LogP contribution in [-0.4, -0.2) is 43.9 Å². The zero-order chi connectivity index (χ0) is 22.1. The molecule has 1 aliphatic heterocycles. The first kappa shape index (κ1) is 23.0. The Kier molecular flexibility index (Phi) is 7.09. The molecule has 1 fully saturated rings. The highest BCUT2D eigenvalue weighted by molar-refractivity contribution is 7.89. The Morgan fingerprint density at radius 2 is 1.80 bits per heavy atom. The van der Waals surface area contributed by atoms with Gasteiger partial charge in [0, 0.05) is 23.7 Å². The Balaban J connectivity index is 1.84. The van der Waals surface area contributed by atoms with Crippen LogP contribution in [0, 0.1) is 0 Å². The van der Waals surface area contributed by atoms with Crippen molar-refractivity contribution in [2.45, 2.75) is 43.9 Å². The van der Waals surface area contributed by atoms with E-state index in [2.05, 4.69) is 5.32 Å². The normalized spacial score (nSPS) is 21.2. The lowest BCUT2D eigenvalue weighted by atomic mass is 10.1. The van der Waals surface area contributed by atoms with E-state index in [0.717, 1.165) is 5.56 Å². The van der Waals surface area contributed by atoms with Crippen molar-refractivity contribution in [1.29, 1.82) is 0 Å². The molecule has 1 aliphatic rings. The van der Waals surface area contributed by atoms with Crippen LogP contribution in [0.2, 0.25) is 10.0 Å².